The largest absolute Gasteiger partial charge is 0.544 e. The Morgan fingerprint density at radius 2 is 1.62 bits per heavy atom. The molecule has 0 aromatic rings. The second-order valence-electron chi connectivity index (χ2n) is 6.18. The molecule has 3 unspecified atom stereocenters. The maximum atomic E-state index is 11.7. The molecule has 6 heteroatoms. The van der Waals surface area contributed by atoms with Crippen molar-refractivity contribution in [1.29, 1.82) is 0 Å². The lowest BCUT2D eigenvalue weighted by molar-refractivity contribution is -0.960. The van der Waals surface area contributed by atoms with Gasteiger partial charge >= 0.3 is 5.97 Å². The molecule has 24 heavy (non-hydrogen) atoms. The van der Waals surface area contributed by atoms with Crippen LogP contribution in [0.3, 0.4) is 0 Å². The van der Waals surface area contributed by atoms with E-state index >= 15 is 0 Å². The fourth-order valence-electron chi connectivity index (χ4n) is 3.51. The quantitative estimate of drug-likeness (QED) is 0.282. The number of quaternary nitrogens is 1. The second-order valence-corrected chi connectivity index (χ2v) is 6.18. The third-order valence-corrected chi connectivity index (χ3v) is 4.69. The highest BCUT2D eigenvalue weighted by molar-refractivity contribution is 5.74. The molecular weight excluding hydrogens is 310 g/mol. The highest BCUT2D eigenvalue weighted by Gasteiger charge is 2.46. The molecular formula is C18H33NO5. The summed E-state index contributed by atoms with van der Waals surface area (Å²) in [6.07, 6.45) is 8.35. The summed E-state index contributed by atoms with van der Waals surface area (Å²) in [4.78, 5) is 23.4. The lowest BCUT2D eigenvalue weighted by Crippen LogP contribution is -2.69. The van der Waals surface area contributed by atoms with E-state index in [1.807, 2.05) is 6.08 Å². The SMILES string of the molecule is CCCC/C=C/CC[N+](CCO)(C(CC)C(=O)[O-])C(CC)C(=O)O. The van der Waals surface area contributed by atoms with Crippen LogP contribution in [-0.4, -0.2) is 58.4 Å². The zero-order valence-corrected chi connectivity index (χ0v) is 15.2. The van der Waals surface area contributed by atoms with Gasteiger partial charge in [0, 0.05) is 19.3 Å². The predicted octanol–water partition coefficient (Wildman–Crippen LogP) is 1.32. The van der Waals surface area contributed by atoms with Crippen molar-refractivity contribution in [2.24, 2.45) is 0 Å². The summed E-state index contributed by atoms with van der Waals surface area (Å²) in [6.45, 7) is 5.77. The first kappa shape index (κ1) is 22.6. The second kappa shape index (κ2) is 12.0. The molecule has 0 spiro atoms. The van der Waals surface area contributed by atoms with E-state index in [9.17, 15) is 24.9 Å². The van der Waals surface area contributed by atoms with E-state index in [0.29, 0.717) is 19.4 Å². The lowest BCUT2D eigenvalue weighted by Gasteiger charge is -2.48. The van der Waals surface area contributed by atoms with Gasteiger partial charge in [0.2, 0.25) is 0 Å². The molecule has 0 aliphatic heterocycles. The minimum absolute atomic E-state index is 0.0973. The van der Waals surface area contributed by atoms with E-state index in [2.05, 4.69) is 13.0 Å². The smallest absolute Gasteiger partial charge is 0.362 e. The van der Waals surface area contributed by atoms with Crippen LogP contribution in [0, 0.1) is 0 Å². The molecule has 0 aliphatic carbocycles. The highest BCUT2D eigenvalue weighted by Crippen LogP contribution is 2.25. The molecule has 0 fully saturated rings. The maximum Gasteiger partial charge on any atom is 0.362 e. The van der Waals surface area contributed by atoms with Crippen LogP contribution in [0.2, 0.25) is 0 Å². The van der Waals surface area contributed by atoms with E-state index in [-0.39, 0.29) is 24.1 Å². The molecule has 2 N–H and O–H groups in total. The number of aliphatic hydroxyl groups excluding tert-OH is 1. The number of nitrogens with zero attached hydrogens (tertiary/aromatic N) is 1. The molecule has 0 heterocycles. The Morgan fingerprint density at radius 3 is 2.04 bits per heavy atom. The number of carboxylic acid groups (broad SMARTS) is 2. The van der Waals surface area contributed by atoms with Gasteiger partial charge in [-0.1, -0.05) is 45.8 Å². The van der Waals surface area contributed by atoms with E-state index in [4.69, 9.17) is 0 Å². The van der Waals surface area contributed by atoms with Gasteiger partial charge in [-0.2, -0.15) is 0 Å². The first-order chi connectivity index (χ1) is 11.4. The number of carboxylic acids is 2. The number of rotatable bonds is 14. The van der Waals surface area contributed by atoms with Gasteiger partial charge in [-0.3, -0.25) is 0 Å². The van der Waals surface area contributed by atoms with Crippen molar-refractivity contribution < 1.29 is 29.4 Å². The lowest BCUT2D eigenvalue weighted by atomic mass is 10.0. The zero-order valence-electron chi connectivity index (χ0n) is 15.2. The van der Waals surface area contributed by atoms with Gasteiger partial charge in [0.15, 0.2) is 6.04 Å². The van der Waals surface area contributed by atoms with Gasteiger partial charge in [-0.15, -0.1) is 0 Å². The van der Waals surface area contributed by atoms with Crippen molar-refractivity contribution in [3.8, 4) is 0 Å². The van der Waals surface area contributed by atoms with Crippen molar-refractivity contribution in [3.05, 3.63) is 12.2 Å². The van der Waals surface area contributed by atoms with E-state index in [1.165, 1.54) is 0 Å². The van der Waals surface area contributed by atoms with Crippen molar-refractivity contribution >= 4 is 11.9 Å². The Bertz CT molecular complexity index is 386. The monoisotopic (exact) mass is 343 g/mol. The van der Waals surface area contributed by atoms with Gasteiger partial charge in [0.1, 0.15) is 12.6 Å². The first-order valence-electron chi connectivity index (χ1n) is 8.97. The number of allylic oxidation sites excluding steroid dienone is 1. The summed E-state index contributed by atoms with van der Waals surface area (Å²) in [5, 5.41) is 30.7. The van der Waals surface area contributed by atoms with Gasteiger partial charge in [-0.25, -0.2) is 4.79 Å². The molecule has 0 radical (unpaired) electrons. The third kappa shape index (κ3) is 6.24. The molecule has 0 aliphatic rings. The van der Waals surface area contributed by atoms with E-state index < -0.39 is 24.0 Å². The van der Waals surface area contributed by atoms with Gasteiger partial charge in [-0.05, 0) is 6.42 Å². The normalized spacial score (nSPS) is 16.7. The first-order valence-corrected chi connectivity index (χ1v) is 8.97. The Morgan fingerprint density at radius 1 is 1.04 bits per heavy atom. The number of unbranched alkanes of at least 4 members (excludes halogenated alkanes) is 2. The summed E-state index contributed by atoms with van der Waals surface area (Å²) in [5.41, 5.74) is 0. The number of hydrogen-bond donors (Lipinski definition) is 2. The van der Waals surface area contributed by atoms with Crippen molar-refractivity contribution in [2.75, 3.05) is 19.7 Å². The minimum Gasteiger partial charge on any atom is -0.544 e. The Balaban J connectivity index is 5.52. The molecule has 0 saturated carbocycles. The van der Waals surface area contributed by atoms with Crippen molar-refractivity contribution in [2.45, 2.75) is 71.4 Å². The molecule has 0 aromatic heterocycles. The molecule has 140 valence electrons. The zero-order chi connectivity index (χ0) is 18.6. The topological polar surface area (TPSA) is 97.7 Å². The van der Waals surface area contributed by atoms with Gasteiger partial charge in [0.05, 0.1) is 19.1 Å². The molecule has 3 atom stereocenters. The Hall–Kier alpha value is -1.40. The molecule has 0 aromatic carbocycles. The number of carbonyl (C=O) groups excluding carboxylic acids is 1. The third-order valence-electron chi connectivity index (χ3n) is 4.69. The van der Waals surface area contributed by atoms with Crippen molar-refractivity contribution in [3.63, 3.8) is 0 Å². The average Bonchev–Trinajstić information content (AvgIpc) is 2.51. The predicted molar refractivity (Wildman–Crippen MR) is 91.2 cm³/mol. The number of aliphatic hydroxyl groups is 1. The van der Waals surface area contributed by atoms with Gasteiger partial charge in [0.25, 0.3) is 0 Å². The molecule has 0 bridgehead atoms. The molecule has 0 amide bonds. The average molecular weight is 343 g/mol. The Labute approximate surface area is 145 Å². The number of aliphatic carboxylic acids is 2. The van der Waals surface area contributed by atoms with Crippen LogP contribution >= 0.6 is 0 Å². The minimum atomic E-state index is -1.25. The summed E-state index contributed by atoms with van der Waals surface area (Å²) in [6, 6.07) is -1.81. The van der Waals surface area contributed by atoms with Crippen LogP contribution in [0.15, 0.2) is 12.2 Å². The molecule has 0 saturated heterocycles. The fourth-order valence-corrected chi connectivity index (χ4v) is 3.51. The van der Waals surface area contributed by atoms with Gasteiger partial charge < -0.3 is 24.6 Å². The van der Waals surface area contributed by atoms with Crippen LogP contribution in [0.25, 0.3) is 0 Å². The summed E-state index contributed by atoms with van der Waals surface area (Å²) in [5.74, 6) is -2.28. The van der Waals surface area contributed by atoms with E-state index in [0.717, 1.165) is 19.3 Å². The summed E-state index contributed by atoms with van der Waals surface area (Å²) < 4.78 is -0.167. The summed E-state index contributed by atoms with van der Waals surface area (Å²) in [7, 11) is 0. The maximum absolute atomic E-state index is 11.7. The standard InChI is InChI=1S/C18H33NO5/c1-4-7-8-9-10-11-12-19(13-14-20,15(5-2)17(21)22)16(6-3)18(23)24/h9-10,15-16,20H,4-8,11-14H2,1-3H3,(H-,21,22,23,24)/b10-9+. The summed E-state index contributed by atoms with van der Waals surface area (Å²) >= 11 is 0. The number of hydrogen-bond acceptors (Lipinski definition) is 4. The highest BCUT2D eigenvalue weighted by atomic mass is 16.4. The van der Waals surface area contributed by atoms with E-state index in [1.54, 1.807) is 13.8 Å². The van der Waals surface area contributed by atoms with Crippen LogP contribution in [0.5, 0.6) is 0 Å². The number of carbonyl (C=O) groups is 2. The molecule has 0 rings (SSSR count). The molecule has 6 nitrogen and oxygen atoms in total. The van der Waals surface area contributed by atoms with Crippen LogP contribution < -0.4 is 5.11 Å². The van der Waals surface area contributed by atoms with Crippen LogP contribution in [-0.2, 0) is 9.59 Å². The Kier molecular flexibility index (Phi) is 11.3. The van der Waals surface area contributed by atoms with Crippen LogP contribution in [0.4, 0.5) is 0 Å². The van der Waals surface area contributed by atoms with Crippen LogP contribution in [0.1, 0.15) is 59.3 Å². The fraction of sp³-hybridized carbons (Fsp3) is 0.778. The van der Waals surface area contributed by atoms with Crippen molar-refractivity contribution in [1.82, 2.24) is 0 Å².